The van der Waals surface area contributed by atoms with E-state index in [1.807, 2.05) is 6.92 Å². The second kappa shape index (κ2) is 4.74. The van der Waals surface area contributed by atoms with Gasteiger partial charge in [-0.2, -0.15) is 4.98 Å². The first-order chi connectivity index (χ1) is 10.3. The van der Waals surface area contributed by atoms with E-state index in [0.717, 1.165) is 23.4 Å². The van der Waals surface area contributed by atoms with E-state index in [1.54, 1.807) is 18.7 Å². The molecule has 3 aromatic heterocycles. The minimum absolute atomic E-state index is 0.0347. The molecular weight excluding hydrogens is 270 g/mol. The van der Waals surface area contributed by atoms with Gasteiger partial charge in [-0.05, 0) is 12.5 Å². The van der Waals surface area contributed by atoms with Crippen LogP contribution in [0.1, 0.15) is 28.9 Å². The van der Waals surface area contributed by atoms with Crippen molar-refractivity contribution < 1.29 is 4.52 Å². The van der Waals surface area contributed by atoms with Gasteiger partial charge in [-0.1, -0.05) is 5.16 Å². The smallest absolute Gasteiger partial charge is 0.244 e. The molecule has 0 bridgehead atoms. The van der Waals surface area contributed by atoms with Crippen molar-refractivity contribution >= 4 is 0 Å². The van der Waals surface area contributed by atoms with Gasteiger partial charge >= 0.3 is 0 Å². The largest absolute Gasteiger partial charge is 0.347 e. The molecule has 2 N–H and O–H groups in total. The highest BCUT2D eigenvalue weighted by molar-refractivity contribution is 5.41. The van der Waals surface area contributed by atoms with Crippen LogP contribution in [0.3, 0.4) is 0 Å². The van der Waals surface area contributed by atoms with E-state index in [4.69, 9.17) is 4.52 Å². The Balaban J connectivity index is 1.59. The van der Waals surface area contributed by atoms with E-state index < -0.39 is 0 Å². The van der Waals surface area contributed by atoms with Gasteiger partial charge in [-0.3, -0.25) is 5.32 Å². The minimum atomic E-state index is -0.0347. The van der Waals surface area contributed by atoms with Crippen molar-refractivity contribution in [2.45, 2.75) is 25.9 Å². The molecule has 0 saturated carbocycles. The fourth-order valence-electron chi connectivity index (χ4n) is 2.32. The first-order valence-electron chi connectivity index (χ1n) is 6.67. The molecule has 1 atom stereocenters. The molecule has 0 radical (unpaired) electrons. The summed E-state index contributed by atoms with van der Waals surface area (Å²) in [5.41, 5.74) is 3.13. The quantitative estimate of drug-likeness (QED) is 0.721. The number of fused-ring (bicyclic) bond motifs is 1. The molecule has 0 amide bonds. The van der Waals surface area contributed by atoms with Crippen LogP contribution in [0.15, 0.2) is 23.2 Å². The Kier molecular flexibility index (Phi) is 2.74. The standard InChI is InChI=1S/C13H13N7O/c1-7-3-15-11(16-4-7)12-19-13(21-20-12)9-2-8-10(5-14-9)18-6-17-8/h3-4,6,9,14H,2,5H2,1H3,(H,17,18). The number of H-pyrrole nitrogens is 1. The third-order valence-corrected chi connectivity index (χ3v) is 3.45. The number of imidazole rings is 1. The normalized spacial score (nSPS) is 17.7. The van der Waals surface area contributed by atoms with Crippen LogP contribution >= 0.6 is 0 Å². The van der Waals surface area contributed by atoms with Gasteiger partial charge in [0.05, 0.1) is 23.8 Å². The summed E-state index contributed by atoms with van der Waals surface area (Å²) in [6, 6.07) is -0.0347. The van der Waals surface area contributed by atoms with Crippen LogP contribution in [-0.2, 0) is 13.0 Å². The summed E-state index contributed by atoms with van der Waals surface area (Å²) in [6.07, 6.45) is 5.88. The zero-order valence-electron chi connectivity index (χ0n) is 11.4. The Morgan fingerprint density at radius 1 is 1.19 bits per heavy atom. The number of hydrogen-bond donors (Lipinski definition) is 2. The van der Waals surface area contributed by atoms with Crippen molar-refractivity contribution in [3.8, 4) is 11.6 Å². The van der Waals surface area contributed by atoms with Crippen LogP contribution < -0.4 is 5.32 Å². The molecule has 1 aliphatic heterocycles. The zero-order valence-corrected chi connectivity index (χ0v) is 11.4. The van der Waals surface area contributed by atoms with Crippen molar-refractivity contribution in [2.24, 2.45) is 0 Å². The predicted molar refractivity (Wildman–Crippen MR) is 71.9 cm³/mol. The third kappa shape index (κ3) is 2.19. The van der Waals surface area contributed by atoms with Crippen LogP contribution in [-0.4, -0.2) is 30.1 Å². The molecule has 0 saturated heterocycles. The number of hydrogen-bond acceptors (Lipinski definition) is 7. The van der Waals surface area contributed by atoms with Crippen LogP contribution in [0.25, 0.3) is 11.6 Å². The summed E-state index contributed by atoms with van der Waals surface area (Å²) in [5, 5.41) is 7.30. The van der Waals surface area contributed by atoms with Gasteiger partial charge in [0, 0.05) is 25.4 Å². The molecule has 0 spiro atoms. The zero-order chi connectivity index (χ0) is 14.2. The maximum absolute atomic E-state index is 5.34. The van der Waals surface area contributed by atoms with Gasteiger partial charge in [-0.25, -0.2) is 15.0 Å². The number of nitrogens with one attached hydrogen (secondary N) is 2. The lowest BCUT2D eigenvalue weighted by molar-refractivity contribution is 0.319. The highest BCUT2D eigenvalue weighted by Gasteiger charge is 2.26. The van der Waals surface area contributed by atoms with Crippen molar-refractivity contribution in [3.05, 3.63) is 41.6 Å². The summed E-state index contributed by atoms with van der Waals surface area (Å²) in [4.78, 5) is 20.2. The molecule has 4 heterocycles. The van der Waals surface area contributed by atoms with Crippen LogP contribution in [0, 0.1) is 6.92 Å². The van der Waals surface area contributed by atoms with E-state index in [1.165, 1.54) is 0 Å². The Hall–Kier alpha value is -2.61. The molecule has 1 unspecified atom stereocenters. The fourth-order valence-corrected chi connectivity index (χ4v) is 2.32. The summed E-state index contributed by atoms with van der Waals surface area (Å²) in [7, 11) is 0. The lowest BCUT2D eigenvalue weighted by atomic mass is 10.1. The molecule has 3 aromatic rings. The lowest BCUT2D eigenvalue weighted by Gasteiger charge is -2.19. The molecular formula is C13H13N7O. The first-order valence-corrected chi connectivity index (χ1v) is 6.67. The van der Waals surface area contributed by atoms with Crippen LogP contribution in [0.5, 0.6) is 0 Å². The van der Waals surface area contributed by atoms with Crippen molar-refractivity contribution in [3.63, 3.8) is 0 Å². The van der Waals surface area contributed by atoms with E-state index in [2.05, 4.69) is 35.4 Å². The summed E-state index contributed by atoms with van der Waals surface area (Å²) in [6.45, 7) is 2.64. The number of rotatable bonds is 2. The molecule has 21 heavy (non-hydrogen) atoms. The van der Waals surface area contributed by atoms with E-state index in [0.29, 0.717) is 24.1 Å². The van der Waals surface area contributed by atoms with E-state index in [9.17, 15) is 0 Å². The molecule has 4 rings (SSSR count). The Bertz CT molecular complexity index is 761. The van der Waals surface area contributed by atoms with Crippen molar-refractivity contribution in [2.75, 3.05) is 0 Å². The Labute approximate surface area is 120 Å². The lowest BCUT2D eigenvalue weighted by Crippen LogP contribution is -2.28. The summed E-state index contributed by atoms with van der Waals surface area (Å²) in [5.74, 6) is 1.40. The average Bonchev–Trinajstić information content (AvgIpc) is 3.16. The first kappa shape index (κ1) is 12.2. The molecule has 1 aliphatic rings. The van der Waals surface area contributed by atoms with Gasteiger partial charge < -0.3 is 9.51 Å². The summed E-state index contributed by atoms with van der Waals surface area (Å²) >= 11 is 0. The maximum atomic E-state index is 5.34. The second-order valence-electron chi connectivity index (χ2n) is 5.01. The third-order valence-electron chi connectivity index (χ3n) is 3.45. The Morgan fingerprint density at radius 2 is 2.05 bits per heavy atom. The van der Waals surface area contributed by atoms with Gasteiger partial charge in [0.25, 0.3) is 0 Å². The van der Waals surface area contributed by atoms with Gasteiger partial charge in [-0.15, -0.1) is 0 Å². The highest BCUT2D eigenvalue weighted by atomic mass is 16.5. The number of nitrogens with zero attached hydrogens (tertiary/aromatic N) is 5. The topological polar surface area (TPSA) is 105 Å². The number of aryl methyl sites for hydroxylation is 1. The molecule has 8 heteroatoms. The molecule has 8 nitrogen and oxygen atoms in total. The Morgan fingerprint density at radius 3 is 2.90 bits per heavy atom. The molecule has 0 fully saturated rings. The molecule has 0 aromatic carbocycles. The fraction of sp³-hybridized carbons (Fsp3) is 0.308. The van der Waals surface area contributed by atoms with Gasteiger partial charge in [0.2, 0.25) is 17.5 Å². The predicted octanol–water partition coefficient (Wildman–Crippen LogP) is 0.945. The SMILES string of the molecule is Cc1cnc(-c2noc(C3Cc4nc[nH]c4CN3)n2)nc1. The van der Waals surface area contributed by atoms with E-state index in [-0.39, 0.29) is 6.04 Å². The van der Waals surface area contributed by atoms with Crippen molar-refractivity contribution in [1.82, 2.24) is 35.4 Å². The van der Waals surface area contributed by atoms with Crippen molar-refractivity contribution in [1.29, 1.82) is 0 Å². The molecule has 0 aliphatic carbocycles. The van der Waals surface area contributed by atoms with Gasteiger partial charge in [0.1, 0.15) is 0 Å². The number of aromatic amines is 1. The maximum Gasteiger partial charge on any atom is 0.244 e. The average molecular weight is 283 g/mol. The number of aromatic nitrogens is 6. The second-order valence-corrected chi connectivity index (χ2v) is 5.01. The van der Waals surface area contributed by atoms with E-state index >= 15 is 0 Å². The minimum Gasteiger partial charge on any atom is -0.347 e. The molecule has 106 valence electrons. The van der Waals surface area contributed by atoms with Crippen LogP contribution in [0.4, 0.5) is 0 Å². The van der Waals surface area contributed by atoms with Gasteiger partial charge in [0.15, 0.2) is 0 Å². The van der Waals surface area contributed by atoms with Crippen LogP contribution in [0.2, 0.25) is 0 Å². The summed E-state index contributed by atoms with van der Waals surface area (Å²) < 4.78 is 5.34. The monoisotopic (exact) mass is 283 g/mol. The highest BCUT2D eigenvalue weighted by Crippen LogP contribution is 2.23.